The van der Waals surface area contributed by atoms with E-state index in [9.17, 15) is 14.2 Å². The molecule has 4 aromatic rings. The molecular weight excluding hydrogens is 469 g/mol. The summed E-state index contributed by atoms with van der Waals surface area (Å²) in [6.07, 6.45) is 5.24. The van der Waals surface area contributed by atoms with Gasteiger partial charge in [-0.05, 0) is 37.1 Å². The van der Waals surface area contributed by atoms with Crippen LogP contribution in [0.2, 0.25) is 0 Å². The maximum absolute atomic E-state index is 13.5. The Bertz CT molecular complexity index is 1360. The van der Waals surface area contributed by atoms with Crippen LogP contribution in [0.15, 0.2) is 85.2 Å². The summed E-state index contributed by atoms with van der Waals surface area (Å²) in [6.45, 7) is 0.456. The molecule has 0 saturated heterocycles. The molecule has 4 rings (SSSR count). The fourth-order valence-corrected chi connectivity index (χ4v) is 3.91. The first-order valence-corrected chi connectivity index (χ1v) is 12.4. The Morgan fingerprint density at radius 2 is 1.51 bits per heavy atom. The lowest BCUT2D eigenvalue weighted by Crippen LogP contribution is -2.38. The fourth-order valence-electron chi connectivity index (χ4n) is 3.49. The number of carbonyl (C=O) groups is 2. The quantitative estimate of drug-likeness (QED) is 0.216. The number of hydrogen-bond donors (Lipinski definition) is 2. The van der Waals surface area contributed by atoms with Crippen LogP contribution >= 0.6 is 7.60 Å². The van der Waals surface area contributed by atoms with Crippen LogP contribution in [0.3, 0.4) is 0 Å². The van der Waals surface area contributed by atoms with E-state index in [4.69, 9.17) is 9.79 Å². The van der Waals surface area contributed by atoms with Gasteiger partial charge in [-0.25, -0.2) is 19.9 Å². The first-order chi connectivity index (χ1) is 16.8. The summed E-state index contributed by atoms with van der Waals surface area (Å²) >= 11 is 0. The third kappa shape index (κ3) is 5.75. The third-order valence-electron chi connectivity index (χ3n) is 5.11. The molecule has 0 spiro atoms. The molecule has 178 valence electrons. The van der Waals surface area contributed by atoms with Gasteiger partial charge in [-0.1, -0.05) is 42.5 Å². The highest BCUT2D eigenvalue weighted by molar-refractivity contribution is 7.55. The molecule has 0 bridgehead atoms. The molecule has 0 fully saturated rings. The predicted octanol–water partition coefficient (Wildman–Crippen LogP) is 3.79. The van der Waals surface area contributed by atoms with E-state index in [1.165, 1.54) is 18.7 Å². The smallest absolute Gasteiger partial charge is 0.321 e. The standard InChI is InChI=1S/C24H22N5O5P/c30-23(18-10-4-1-5-11-18)29(24(31)19-12-6-2-7-13-19)22-20-21(25-16-26-22)28(17-27-20)14-8-3-9-15-35(32,33)34/h1-2,4-7,9-13,15-17H,3,8,14H2,(H2,32,33,34). The van der Waals surface area contributed by atoms with Crippen molar-refractivity contribution in [2.45, 2.75) is 19.4 Å². The largest absolute Gasteiger partial charge is 0.348 e. The zero-order valence-corrected chi connectivity index (χ0v) is 19.4. The molecule has 10 nitrogen and oxygen atoms in total. The summed E-state index contributed by atoms with van der Waals surface area (Å²) in [4.78, 5) is 58.7. The lowest BCUT2D eigenvalue weighted by atomic mass is 10.1. The van der Waals surface area contributed by atoms with Crippen LogP contribution < -0.4 is 4.90 Å². The normalized spacial score (nSPS) is 11.7. The minimum Gasteiger partial charge on any atom is -0.321 e. The van der Waals surface area contributed by atoms with Gasteiger partial charge in [-0.15, -0.1) is 0 Å². The van der Waals surface area contributed by atoms with E-state index < -0.39 is 19.4 Å². The number of fused-ring (bicyclic) bond motifs is 1. The van der Waals surface area contributed by atoms with Crippen molar-refractivity contribution in [2.24, 2.45) is 0 Å². The van der Waals surface area contributed by atoms with Gasteiger partial charge in [-0.3, -0.25) is 14.2 Å². The molecule has 2 aromatic carbocycles. The maximum atomic E-state index is 13.5. The average molecular weight is 491 g/mol. The summed E-state index contributed by atoms with van der Waals surface area (Å²) in [5.74, 6) is -0.146. The van der Waals surface area contributed by atoms with Crippen LogP contribution in [0, 0.1) is 0 Å². The predicted molar refractivity (Wildman–Crippen MR) is 130 cm³/mol. The number of allylic oxidation sites excluding steroid dienone is 1. The number of aromatic nitrogens is 4. The molecule has 2 N–H and O–H groups in total. The van der Waals surface area contributed by atoms with Crippen molar-refractivity contribution in [1.29, 1.82) is 0 Å². The highest BCUT2D eigenvalue weighted by atomic mass is 31.2. The number of imide groups is 1. The number of carbonyl (C=O) groups excluding carboxylic acids is 2. The summed E-state index contributed by atoms with van der Waals surface area (Å²) in [7, 11) is -4.18. The Kier molecular flexibility index (Phi) is 7.26. The van der Waals surface area contributed by atoms with E-state index in [0.717, 1.165) is 10.7 Å². The van der Waals surface area contributed by atoms with Crippen molar-refractivity contribution >= 4 is 36.4 Å². The van der Waals surface area contributed by atoms with E-state index in [0.29, 0.717) is 36.2 Å². The van der Waals surface area contributed by atoms with Gasteiger partial charge in [0.15, 0.2) is 17.0 Å². The number of unbranched alkanes of at least 4 members (excludes halogenated alkanes) is 1. The summed E-state index contributed by atoms with van der Waals surface area (Å²) < 4.78 is 12.7. The number of hydrogen-bond acceptors (Lipinski definition) is 6. The Labute approximate surface area is 200 Å². The molecule has 2 amide bonds. The van der Waals surface area contributed by atoms with Crippen LogP contribution in [0.25, 0.3) is 11.2 Å². The summed E-state index contributed by atoms with van der Waals surface area (Å²) in [5, 5.41) is 0. The van der Waals surface area contributed by atoms with E-state index in [1.807, 2.05) is 0 Å². The van der Waals surface area contributed by atoms with Crippen LogP contribution in [0.4, 0.5) is 5.82 Å². The van der Waals surface area contributed by atoms with Crippen LogP contribution in [-0.4, -0.2) is 41.1 Å². The molecule has 0 atom stereocenters. The molecule has 0 saturated carbocycles. The maximum Gasteiger partial charge on any atom is 0.348 e. The van der Waals surface area contributed by atoms with Crippen molar-refractivity contribution in [1.82, 2.24) is 19.5 Å². The zero-order chi connectivity index (χ0) is 24.8. The van der Waals surface area contributed by atoms with E-state index >= 15 is 0 Å². The van der Waals surface area contributed by atoms with Gasteiger partial charge < -0.3 is 14.4 Å². The number of imidazole rings is 1. The molecule has 0 aliphatic rings. The number of rotatable bonds is 8. The Morgan fingerprint density at radius 3 is 2.09 bits per heavy atom. The second-order valence-corrected chi connectivity index (χ2v) is 9.08. The van der Waals surface area contributed by atoms with Gasteiger partial charge >= 0.3 is 7.60 Å². The van der Waals surface area contributed by atoms with E-state index in [-0.39, 0.29) is 11.3 Å². The number of nitrogens with zero attached hydrogens (tertiary/aromatic N) is 5. The van der Waals surface area contributed by atoms with Crippen LogP contribution in [0.5, 0.6) is 0 Å². The lowest BCUT2D eigenvalue weighted by Gasteiger charge is -2.20. The minimum absolute atomic E-state index is 0.0675. The van der Waals surface area contributed by atoms with Crippen molar-refractivity contribution in [3.8, 4) is 0 Å². The highest BCUT2D eigenvalue weighted by Gasteiger charge is 2.30. The van der Waals surface area contributed by atoms with Gasteiger partial charge in [0, 0.05) is 23.5 Å². The number of benzene rings is 2. The monoisotopic (exact) mass is 491 g/mol. The van der Waals surface area contributed by atoms with Gasteiger partial charge in [0.1, 0.15) is 6.33 Å². The van der Waals surface area contributed by atoms with Gasteiger partial charge in [0.05, 0.1) is 6.33 Å². The Balaban J connectivity index is 1.69. The lowest BCUT2D eigenvalue weighted by molar-refractivity contribution is 0.0896. The molecule has 35 heavy (non-hydrogen) atoms. The van der Waals surface area contributed by atoms with Gasteiger partial charge in [0.25, 0.3) is 11.8 Å². The van der Waals surface area contributed by atoms with Crippen molar-refractivity contribution in [3.05, 3.63) is 96.3 Å². The number of aryl methyl sites for hydroxylation is 1. The zero-order valence-electron chi connectivity index (χ0n) is 18.5. The molecule has 11 heteroatoms. The summed E-state index contributed by atoms with van der Waals surface area (Å²) in [5.41, 5.74) is 1.35. The first kappa shape index (κ1) is 24.2. The fraction of sp³-hybridized carbons (Fsp3) is 0.125. The first-order valence-electron chi connectivity index (χ1n) is 10.7. The minimum atomic E-state index is -4.18. The molecule has 0 radical (unpaired) electrons. The SMILES string of the molecule is O=C(c1ccccc1)N(C(=O)c1ccccc1)c1ncnc2c1ncn2CCCC=CP(=O)(O)O. The topological polar surface area (TPSA) is 139 Å². The van der Waals surface area contributed by atoms with Crippen molar-refractivity contribution in [3.63, 3.8) is 0 Å². The Hall–Kier alpha value is -3.98. The molecule has 0 unspecified atom stereocenters. The second-order valence-electron chi connectivity index (χ2n) is 7.60. The van der Waals surface area contributed by atoms with Gasteiger partial charge in [-0.2, -0.15) is 0 Å². The highest BCUT2D eigenvalue weighted by Crippen LogP contribution is 2.36. The molecule has 0 aliphatic carbocycles. The third-order valence-corrected chi connectivity index (χ3v) is 5.71. The number of anilines is 1. The Morgan fingerprint density at radius 1 is 0.914 bits per heavy atom. The molecule has 2 aromatic heterocycles. The van der Waals surface area contributed by atoms with E-state index in [2.05, 4.69) is 15.0 Å². The number of amides is 2. The van der Waals surface area contributed by atoms with Crippen LogP contribution in [0.1, 0.15) is 33.6 Å². The van der Waals surface area contributed by atoms with Crippen molar-refractivity contribution < 1.29 is 23.9 Å². The summed E-state index contributed by atoms with van der Waals surface area (Å²) in [6, 6.07) is 16.9. The van der Waals surface area contributed by atoms with E-state index in [1.54, 1.807) is 65.2 Å². The van der Waals surface area contributed by atoms with Crippen molar-refractivity contribution in [2.75, 3.05) is 4.90 Å². The average Bonchev–Trinajstić information content (AvgIpc) is 3.28. The molecule has 0 aliphatic heterocycles. The molecular formula is C24H22N5O5P. The molecule has 2 heterocycles. The second kappa shape index (κ2) is 10.5. The van der Waals surface area contributed by atoms with Gasteiger partial charge in [0.2, 0.25) is 0 Å². The van der Waals surface area contributed by atoms with Crippen LogP contribution in [-0.2, 0) is 11.1 Å².